The first kappa shape index (κ1) is 26.1. The molecule has 0 bridgehead atoms. The number of carbonyl (C=O) groups excluding carboxylic acids is 4. The molecular formula is C27H35ClO7. The van der Waals surface area contributed by atoms with E-state index < -0.39 is 46.9 Å². The summed E-state index contributed by atoms with van der Waals surface area (Å²) in [6.07, 6.45) is 5.64. The molecule has 0 amide bonds. The van der Waals surface area contributed by atoms with Crippen molar-refractivity contribution in [1.29, 1.82) is 0 Å². The van der Waals surface area contributed by atoms with E-state index in [9.17, 15) is 24.3 Å². The monoisotopic (exact) mass is 506 g/mol. The van der Waals surface area contributed by atoms with Crippen molar-refractivity contribution < 1.29 is 33.8 Å². The molecule has 0 aromatic rings. The van der Waals surface area contributed by atoms with Crippen molar-refractivity contribution >= 4 is 35.1 Å². The SMILES string of the molecule is CCC(=O)O[C@]1(C(=O)COC(C)=O)[C@@H](C)CC2C3C(C(O)C[C@@]21C)[C@@]1(C)C=CC(=O)C=C1C[C@H]3Cl. The molecule has 0 heterocycles. The zero-order valence-electron chi connectivity index (χ0n) is 21.0. The molecule has 0 aromatic carbocycles. The van der Waals surface area contributed by atoms with Gasteiger partial charge in [0.2, 0.25) is 5.78 Å². The van der Waals surface area contributed by atoms with Gasteiger partial charge in [0, 0.05) is 41.4 Å². The summed E-state index contributed by atoms with van der Waals surface area (Å²) >= 11 is 7.02. The van der Waals surface area contributed by atoms with Crippen LogP contribution in [0.25, 0.3) is 0 Å². The number of allylic oxidation sites excluding steroid dienone is 4. The van der Waals surface area contributed by atoms with E-state index in [1.165, 1.54) is 6.92 Å². The number of ether oxygens (including phenoxy) is 2. The normalized spacial score (nSPS) is 44.0. The molecule has 3 saturated carbocycles. The van der Waals surface area contributed by atoms with Gasteiger partial charge in [0.05, 0.1) is 6.10 Å². The zero-order chi connectivity index (χ0) is 25.9. The van der Waals surface area contributed by atoms with Crippen molar-refractivity contribution in [1.82, 2.24) is 0 Å². The van der Waals surface area contributed by atoms with E-state index >= 15 is 0 Å². The van der Waals surface area contributed by atoms with Crippen LogP contribution >= 0.6 is 11.6 Å². The highest BCUT2D eigenvalue weighted by atomic mass is 35.5. The standard InChI is InChI=1S/C27H35ClO7/c1-6-22(33)35-27(21(32)13-34-15(3)29)14(2)9-18-23-19(28)11-16-10-17(30)7-8-25(16,4)24(23)20(31)12-26(18,27)5/h7-8,10,14,18-20,23-24,31H,6,9,11-13H2,1-5H3/t14-,18?,19+,20?,23?,24?,25-,26-,27-/m0/s1. The number of hydrogen-bond donors (Lipinski definition) is 1. The Bertz CT molecular complexity index is 1020. The Hall–Kier alpha value is -1.99. The number of alkyl halides is 1. The lowest BCUT2D eigenvalue weighted by molar-refractivity contribution is -0.205. The number of hydrogen-bond acceptors (Lipinski definition) is 7. The molecule has 35 heavy (non-hydrogen) atoms. The molecule has 9 atom stereocenters. The Kier molecular flexibility index (Phi) is 6.59. The van der Waals surface area contributed by atoms with Gasteiger partial charge in [-0.05, 0) is 43.3 Å². The zero-order valence-corrected chi connectivity index (χ0v) is 21.8. The van der Waals surface area contributed by atoms with Crippen molar-refractivity contribution in [2.24, 2.45) is 34.5 Å². The summed E-state index contributed by atoms with van der Waals surface area (Å²) in [5.41, 5.74) is -2.05. The molecule has 0 spiro atoms. The van der Waals surface area contributed by atoms with Gasteiger partial charge >= 0.3 is 11.9 Å². The highest BCUT2D eigenvalue weighted by Crippen LogP contribution is 2.69. The second-order valence-electron chi connectivity index (χ2n) is 11.2. The summed E-state index contributed by atoms with van der Waals surface area (Å²) in [4.78, 5) is 50.0. The molecular weight excluding hydrogens is 472 g/mol. The van der Waals surface area contributed by atoms with Gasteiger partial charge in [-0.25, -0.2) is 0 Å². The predicted octanol–water partition coefficient (Wildman–Crippen LogP) is 3.55. The molecule has 0 radical (unpaired) electrons. The number of esters is 2. The fourth-order valence-electron chi connectivity index (χ4n) is 7.96. The molecule has 7 nitrogen and oxygen atoms in total. The van der Waals surface area contributed by atoms with Crippen molar-refractivity contribution in [3.8, 4) is 0 Å². The smallest absolute Gasteiger partial charge is 0.306 e. The first-order valence-corrected chi connectivity index (χ1v) is 12.9. The molecule has 4 aliphatic carbocycles. The Morgan fingerprint density at radius 1 is 1.26 bits per heavy atom. The van der Waals surface area contributed by atoms with E-state index in [-0.39, 0.29) is 47.7 Å². The summed E-state index contributed by atoms with van der Waals surface area (Å²) in [6, 6.07) is 0. The molecule has 1 N–H and O–H groups in total. The molecule has 0 aliphatic heterocycles. The number of halogens is 1. The van der Waals surface area contributed by atoms with Gasteiger partial charge in [0.1, 0.15) is 0 Å². The Labute approximate surface area is 211 Å². The molecule has 4 rings (SSSR count). The molecule has 8 heteroatoms. The van der Waals surface area contributed by atoms with E-state index in [0.717, 1.165) is 5.57 Å². The molecule has 4 aliphatic rings. The van der Waals surface area contributed by atoms with Crippen LogP contribution in [0.1, 0.15) is 60.3 Å². The Morgan fingerprint density at radius 3 is 2.57 bits per heavy atom. The molecule has 192 valence electrons. The van der Waals surface area contributed by atoms with Crippen LogP contribution in [0.3, 0.4) is 0 Å². The van der Waals surface area contributed by atoms with Crippen LogP contribution in [0.2, 0.25) is 0 Å². The van der Waals surface area contributed by atoms with Gasteiger partial charge in [-0.15, -0.1) is 11.6 Å². The van der Waals surface area contributed by atoms with Gasteiger partial charge in [-0.3, -0.25) is 19.2 Å². The molecule has 3 fully saturated rings. The molecule has 0 aromatic heterocycles. The van der Waals surface area contributed by atoms with Gasteiger partial charge in [-0.2, -0.15) is 0 Å². The van der Waals surface area contributed by atoms with E-state index in [2.05, 4.69) is 0 Å². The largest absolute Gasteiger partial charge is 0.458 e. The third-order valence-electron chi connectivity index (χ3n) is 9.41. The quantitative estimate of drug-likeness (QED) is 0.448. The minimum Gasteiger partial charge on any atom is -0.458 e. The first-order chi connectivity index (χ1) is 16.3. The average Bonchev–Trinajstić information content (AvgIpc) is 2.99. The second-order valence-corrected chi connectivity index (χ2v) is 11.8. The van der Waals surface area contributed by atoms with Gasteiger partial charge < -0.3 is 14.6 Å². The second kappa shape index (κ2) is 8.84. The number of aliphatic hydroxyl groups is 1. The third-order valence-corrected chi connectivity index (χ3v) is 9.85. The van der Waals surface area contributed by atoms with Crippen molar-refractivity contribution in [2.45, 2.75) is 77.4 Å². The number of fused-ring (bicyclic) bond motifs is 5. The van der Waals surface area contributed by atoms with Crippen LogP contribution in [0.15, 0.2) is 23.8 Å². The molecule has 0 saturated heterocycles. The number of ketones is 2. The predicted molar refractivity (Wildman–Crippen MR) is 128 cm³/mol. The van der Waals surface area contributed by atoms with Gasteiger partial charge in [-0.1, -0.05) is 39.3 Å². The summed E-state index contributed by atoms with van der Waals surface area (Å²) in [7, 11) is 0. The molecule has 4 unspecified atom stereocenters. The number of Topliss-reactive ketones (excluding diaryl/α,β-unsaturated/α-hetero) is 1. The topological polar surface area (TPSA) is 107 Å². The van der Waals surface area contributed by atoms with Crippen LogP contribution in [-0.2, 0) is 28.7 Å². The van der Waals surface area contributed by atoms with Crippen LogP contribution in [-0.4, -0.2) is 52.3 Å². The summed E-state index contributed by atoms with van der Waals surface area (Å²) in [5.74, 6) is -2.55. The van der Waals surface area contributed by atoms with Crippen molar-refractivity contribution in [2.75, 3.05) is 6.61 Å². The highest BCUT2D eigenvalue weighted by Gasteiger charge is 2.73. The first-order valence-electron chi connectivity index (χ1n) is 12.5. The van der Waals surface area contributed by atoms with E-state index in [1.54, 1.807) is 19.1 Å². The van der Waals surface area contributed by atoms with Crippen LogP contribution < -0.4 is 0 Å². The Balaban J connectivity index is 1.81. The lowest BCUT2D eigenvalue weighted by Crippen LogP contribution is -2.65. The maximum absolute atomic E-state index is 13.7. The van der Waals surface area contributed by atoms with E-state index in [4.69, 9.17) is 21.1 Å². The summed E-state index contributed by atoms with van der Waals surface area (Å²) in [5, 5.41) is 11.3. The number of carbonyl (C=O) groups is 4. The Morgan fingerprint density at radius 2 is 1.94 bits per heavy atom. The third kappa shape index (κ3) is 3.72. The number of aliphatic hydroxyl groups excluding tert-OH is 1. The van der Waals surface area contributed by atoms with E-state index in [1.807, 2.05) is 26.8 Å². The van der Waals surface area contributed by atoms with Crippen molar-refractivity contribution in [3.05, 3.63) is 23.8 Å². The number of rotatable bonds is 5. The van der Waals surface area contributed by atoms with Crippen LogP contribution in [0.4, 0.5) is 0 Å². The summed E-state index contributed by atoms with van der Waals surface area (Å²) in [6.45, 7) is 8.24. The lowest BCUT2D eigenvalue weighted by atomic mass is 9.46. The fraction of sp³-hybridized carbons (Fsp3) is 0.704. The van der Waals surface area contributed by atoms with Gasteiger partial charge in [0.15, 0.2) is 18.0 Å². The van der Waals surface area contributed by atoms with Crippen LogP contribution in [0, 0.1) is 34.5 Å². The van der Waals surface area contributed by atoms with Crippen LogP contribution in [0.5, 0.6) is 0 Å². The van der Waals surface area contributed by atoms with Gasteiger partial charge in [0.25, 0.3) is 0 Å². The maximum atomic E-state index is 13.7. The van der Waals surface area contributed by atoms with Crippen molar-refractivity contribution in [3.63, 3.8) is 0 Å². The minimum atomic E-state index is -1.54. The lowest BCUT2D eigenvalue weighted by Gasteiger charge is -2.61. The summed E-state index contributed by atoms with van der Waals surface area (Å²) < 4.78 is 11.1. The fourth-order valence-corrected chi connectivity index (χ4v) is 8.45. The minimum absolute atomic E-state index is 0.0778. The average molecular weight is 507 g/mol. The highest BCUT2D eigenvalue weighted by molar-refractivity contribution is 6.21. The van der Waals surface area contributed by atoms with E-state index in [0.29, 0.717) is 12.8 Å². The maximum Gasteiger partial charge on any atom is 0.306 e.